The highest BCUT2D eigenvalue weighted by Gasteiger charge is 2.41. The van der Waals surface area contributed by atoms with Gasteiger partial charge in [-0.05, 0) is 32.7 Å². The molecule has 0 aromatic heterocycles. The second-order valence-corrected chi connectivity index (χ2v) is 4.83. The number of likely N-dealkylation sites (tertiary alicyclic amines) is 2. The number of carbonyl (C=O) groups is 1. The van der Waals surface area contributed by atoms with E-state index in [2.05, 4.69) is 11.9 Å². The van der Waals surface area contributed by atoms with E-state index in [1.165, 1.54) is 6.42 Å². The molecule has 1 spiro atoms. The largest absolute Gasteiger partial charge is 0.340 e. The van der Waals surface area contributed by atoms with Crippen molar-refractivity contribution >= 4 is 5.91 Å². The number of hydrogen-bond donors (Lipinski definition) is 0. The van der Waals surface area contributed by atoms with Gasteiger partial charge in [-0.1, -0.05) is 0 Å². The normalized spacial score (nSPS) is 28.4. The lowest BCUT2D eigenvalue weighted by Gasteiger charge is -2.49. The second-order valence-electron chi connectivity index (χ2n) is 4.83. The van der Waals surface area contributed by atoms with E-state index in [0.717, 1.165) is 38.8 Å². The summed E-state index contributed by atoms with van der Waals surface area (Å²) in [6.45, 7) is 2.27. The molecular weight excluding hydrogens is 176 g/mol. The first-order valence-corrected chi connectivity index (χ1v) is 5.59. The van der Waals surface area contributed by atoms with Gasteiger partial charge >= 0.3 is 0 Å². The van der Waals surface area contributed by atoms with Gasteiger partial charge in [0.2, 0.25) is 5.91 Å². The van der Waals surface area contributed by atoms with Crippen molar-refractivity contribution in [2.24, 2.45) is 0 Å². The Hall–Kier alpha value is -0.570. The van der Waals surface area contributed by atoms with Gasteiger partial charge < -0.3 is 9.80 Å². The van der Waals surface area contributed by atoms with Gasteiger partial charge in [-0.25, -0.2) is 0 Å². The monoisotopic (exact) mass is 196 g/mol. The Morgan fingerprint density at radius 3 is 2.43 bits per heavy atom. The zero-order valence-electron chi connectivity index (χ0n) is 9.25. The van der Waals surface area contributed by atoms with Crippen molar-refractivity contribution in [3.05, 3.63) is 0 Å². The SMILES string of the molecule is CN1CCC2(CCCC(=O)N2C)CC1. The van der Waals surface area contributed by atoms with E-state index in [-0.39, 0.29) is 5.54 Å². The van der Waals surface area contributed by atoms with Crippen molar-refractivity contribution in [2.75, 3.05) is 27.2 Å². The van der Waals surface area contributed by atoms with Gasteiger partial charge in [0.05, 0.1) is 0 Å². The Morgan fingerprint density at radius 2 is 1.79 bits per heavy atom. The van der Waals surface area contributed by atoms with Crippen molar-refractivity contribution in [2.45, 2.75) is 37.6 Å². The van der Waals surface area contributed by atoms with Crippen LogP contribution in [0.1, 0.15) is 32.1 Å². The highest BCUT2D eigenvalue weighted by atomic mass is 16.2. The van der Waals surface area contributed by atoms with Crippen LogP contribution in [-0.4, -0.2) is 48.4 Å². The molecule has 0 radical (unpaired) electrons. The third-order valence-electron chi connectivity index (χ3n) is 4.04. The Bertz CT molecular complexity index is 231. The molecule has 2 aliphatic heterocycles. The number of piperidine rings is 2. The summed E-state index contributed by atoms with van der Waals surface area (Å²) in [4.78, 5) is 16.1. The molecule has 2 fully saturated rings. The van der Waals surface area contributed by atoms with Crippen LogP contribution in [0.15, 0.2) is 0 Å². The standard InChI is InChI=1S/C11H20N2O/c1-12-8-6-11(7-9-12)5-3-4-10(14)13(11)2/h3-9H2,1-2H3. The third-order valence-corrected chi connectivity index (χ3v) is 4.04. The van der Waals surface area contributed by atoms with E-state index in [4.69, 9.17) is 0 Å². The minimum absolute atomic E-state index is 0.210. The summed E-state index contributed by atoms with van der Waals surface area (Å²) in [6.07, 6.45) is 5.38. The molecule has 2 saturated heterocycles. The molecule has 1 amide bonds. The van der Waals surface area contributed by atoms with E-state index in [1.54, 1.807) is 0 Å². The van der Waals surface area contributed by atoms with Crippen molar-refractivity contribution in [1.29, 1.82) is 0 Å². The van der Waals surface area contributed by atoms with E-state index in [0.29, 0.717) is 5.91 Å². The molecule has 0 aromatic carbocycles. The fourth-order valence-electron chi connectivity index (χ4n) is 2.79. The molecule has 3 nitrogen and oxygen atoms in total. The molecule has 14 heavy (non-hydrogen) atoms. The third kappa shape index (κ3) is 1.54. The molecule has 0 saturated carbocycles. The molecule has 2 heterocycles. The summed E-state index contributed by atoms with van der Waals surface area (Å²) >= 11 is 0. The van der Waals surface area contributed by atoms with Crippen LogP contribution < -0.4 is 0 Å². The van der Waals surface area contributed by atoms with Crippen LogP contribution in [-0.2, 0) is 4.79 Å². The maximum Gasteiger partial charge on any atom is 0.222 e. The van der Waals surface area contributed by atoms with E-state index < -0.39 is 0 Å². The average molecular weight is 196 g/mol. The molecule has 2 rings (SSSR count). The summed E-state index contributed by atoms with van der Waals surface area (Å²) in [6, 6.07) is 0. The summed E-state index contributed by atoms with van der Waals surface area (Å²) in [5.41, 5.74) is 0.210. The second kappa shape index (κ2) is 3.54. The Balaban J connectivity index is 2.10. The number of carbonyl (C=O) groups excluding carboxylic acids is 1. The fraction of sp³-hybridized carbons (Fsp3) is 0.909. The molecule has 0 atom stereocenters. The molecule has 0 unspecified atom stereocenters. The molecule has 0 aromatic rings. The van der Waals surface area contributed by atoms with Gasteiger partial charge in [-0.3, -0.25) is 4.79 Å². The number of amides is 1. The van der Waals surface area contributed by atoms with Crippen molar-refractivity contribution in [3.63, 3.8) is 0 Å². The van der Waals surface area contributed by atoms with Gasteiger partial charge in [0.25, 0.3) is 0 Å². The lowest BCUT2D eigenvalue weighted by molar-refractivity contribution is -0.142. The summed E-state index contributed by atoms with van der Waals surface area (Å²) in [5.74, 6) is 0.348. The first-order chi connectivity index (χ1) is 6.64. The Labute approximate surface area is 86.1 Å². The molecule has 0 aliphatic carbocycles. The van der Waals surface area contributed by atoms with Crippen LogP contribution in [0.4, 0.5) is 0 Å². The van der Waals surface area contributed by atoms with Crippen LogP contribution in [0.25, 0.3) is 0 Å². The average Bonchev–Trinajstić information content (AvgIpc) is 2.19. The lowest BCUT2D eigenvalue weighted by atomic mass is 9.79. The van der Waals surface area contributed by atoms with Crippen molar-refractivity contribution in [3.8, 4) is 0 Å². The van der Waals surface area contributed by atoms with Crippen LogP contribution in [0.5, 0.6) is 0 Å². The van der Waals surface area contributed by atoms with Gasteiger partial charge in [0.15, 0.2) is 0 Å². The fourth-order valence-corrected chi connectivity index (χ4v) is 2.79. The maximum absolute atomic E-state index is 11.7. The topological polar surface area (TPSA) is 23.6 Å². The van der Waals surface area contributed by atoms with Crippen molar-refractivity contribution in [1.82, 2.24) is 9.80 Å². The zero-order valence-corrected chi connectivity index (χ0v) is 9.25. The summed E-state index contributed by atoms with van der Waals surface area (Å²) in [5, 5.41) is 0. The first kappa shape index (κ1) is 9.97. The molecule has 2 aliphatic rings. The van der Waals surface area contributed by atoms with Crippen LogP contribution in [0, 0.1) is 0 Å². The minimum atomic E-state index is 0.210. The van der Waals surface area contributed by atoms with Crippen molar-refractivity contribution < 1.29 is 4.79 Å². The van der Waals surface area contributed by atoms with Gasteiger partial charge in [-0.15, -0.1) is 0 Å². The molecule has 0 bridgehead atoms. The zero-order chi connectivity index (χ0) is 10.2. The number of nitrogens with zero attached hydrogens (tertiary/aromatic N) is 2. The van der Waals surface area contributed by atoms with Gasteiger partial charge in [-0.2, -0.15) is 0 Å². The quantitative estimate of drug-likeness (QED) is 0.579. The summed E-state index contributed by atoms with van der Waals surface area (Å²) in [7, 11) is 4.16. The van der Waals surface area contributed by atoms with Crippen LogP contribution in [0.2, 0.25) is 0 Å². The van der Waals surface area contributed by atoms with E-state index in [9.17, 15) is 4.79 Å². The highest BCUT2D eigenvalue weighted by molar-refractivity contribution is 5.77. The molecule has 3 heteroatoms. The molecular formula is C11H20N2O. The predicted octanol–water partition coefficient (Wildman–Crippen LogP) is 1.09. The number of rotatable bonds is 0. The minimum Gasteiger partial charge on any atom is -0.340 e. The smallest absolute Gasteiger partial charge is 0.222 e. The number of hydrogen-bond acceptors (Lipinski definition) is 2. The first-order valence-electron chi connectivity index (χ1n) is 5.59. The summed E-state index contributed by atoms with van der Waals surface area (Å²) < 4.78 is 0. The predicted molar refractivity (Wildman–Crippen MR) is 56.1 cm³/mol. The van der Waals surface area contributed by atoms with Crippen LogP contribution >= 0.6 is 0 Å². The van der Waals surface area contributed by atoms with Gasteiger partial charge in [0.1, 0.15) is 0 Å². The van der Waals surface area contributed by atoms with Gasteiger partial charge in [0, 0.05) is 32.1 Å². The highest BCUT2D eigenvalue weighted by Crippen LogP contribution is 2.36. The van der Waals surface area contributed by atoms with Crippen LogP contribution in [0.3, 0.4) is 0 Å². The molecule has 80 valence electrons. The molecule has 0 N–H and O–H groups in total. The van der Waals surface area contributed by atoms with E-state index >= 15 is 0 Å². The lowest BCUT2D eigenvalue weighted by Crippen LogP contribution is -2.57. The van der Waals surface area contributed by atoms with E-state index in [1.807, 2.05) is 11.9 Å². The Kier molecular flexibility index (Phi) is 2.52. The maximum atomic E-state index is 11.7. The Morgan fingerprint density at radius 1 is 1.14 bits per heavy atom.